The molecule has 15 heteroatoms. The number of hydrogen-bond acceptors (Lipinski definition) is 9. The molecule has 0 aromatic carbocycles. The molecule has 0 fully saturated rings. The normalized spacial score (nSPS) is 12.1. The van der Waals surface area contributed by atoms with Crippen molar-refractivity contribution in [1.29, 1.82) is 0 Å². The van der Waals surface area contributed by atoms with Gasteiger partial charge in [-0.05, 0) is 54.6 Å². The predicted molar refractivity (Wildman–Crippen MR) is 159 cm³/mol. The van der Waals surface area contributed by atoms with Crippen LogP contribution in [-0.2, 0) is 14.2 Å². The molecule has 0 aliphatic carbocycles. The van der Waals surface area contributed by atoms with Crippen LogP contribution in [0.1, 0.15) is 76.7 Å². The quantitative estimate of drug-likeness (QED) is 0.0541. The van der Waals surface area contributed by atoms with E-state index in [0.29, 0.717) is 25.7 Å². The summed E-state index contributed by atoms with van der Waals surface area (Å²) >= 11 is 0. The molecule has 0 amide bonds. The van der Waals surface area contributed by atoms with Gasteiger partial charge in [-0.2, -0.15) is 0 Å². The minimum atomic E-state index is -0.838. The fourth-order valence-corrected chi connectivity index (χ4v) is 2.84. The maximum Gasteiger partial charge on any atom is 0.0829 e. The van der Waals surface area contributed by atoms with Crippen LogP contribution in [0.15, 0.2) is 15.3 Å². The lowest BCUT2D eigenvalue weighted by Crippen LogP contribution is -2.20. The van der Waals surface area contributed by atoms with Crippen LogP contribution >= 0.6 is 0 Å². The molecule has 0 bridgehead atoms. The van der Waals surface area contributed by atoms with Crippen molar-refractivity contribution in [2.45, 2.75) is 95.0 Å². The van der Waals surface area contributed by atoms with Crippen molar-refractivity contribution in [1.82, 2.24) is 0 Å². The average molecular weight is 570 g/mol. The van der Waals surface area contributed by atoms with Crippen LogP contribution in [0.3, 0.4) is 0 Å². The fraction of sp³-hybridized carbons (Fsp3) is 1.00. The summed E-state index contributed by atoms with van der Waals surface area (Å²) in [5, 5.41) is 38.7. The van der Waals surface area contributed by atoms with Gasteiger partial charge in [-0.25, -0.2) is 0 Å². The number of rotatable bonds is 23. The maximum absolute atomic E-state index is 9.63. The minimum Gasteiger partial charge on any atom is -0.391 e. The highest BCUT2D eigenvalue weighted by atomic mass is 16.5. The Morgan fingerprint density at radius 3 is 1.13 bits per heavy atom. The summed E-state index contributed by atoms with van der Waals surface area (Å²) < 4.78 is 16.3. The zero-order valence-electron chi connectivity index (χ0n) is 18.8. The van der Waals surface area contributed by atoms with Crippen LogP contribution < -0.4 is 0 Å². The summed E-state index contributed by atoms with van der Waals surface area (Å²) in [7, 11) is 0. The van der Waals surface area contributed by atoms with Crippen molar-refractivity contribution in [2.75, 3.05) is 59.3 Å². The lowest BCUT2D eigenvalue weighted by molar-refractivity contribution is 0.0265. The van der Waals surface area contributed by atoms with Crippen LogP contribution in [0.25, 0.3) is 31.3 Å². The second-order valence-corrected chi connectivity index (χ2v) is 7.37. The summed E-state index contributed by atoms with van der Waals surface area (Å²) in [5.74, 6) is 0.313. The number of hydrogen-bond donors (Lipinski definition) is 3. The molecule has 0 radical (unpaired) electrons. The van der Waals surface area contributed by atoms with Crippen LogP contribution in [0.4, 0.5) is 0 Å². The van der Waals surface area contributed by atoms with E-state index in [1.165, 1.54) is 0 Å². The summed E-state index contributed by atoms with van der Waals surface area (Å²) in [5.41, 5.74) is 24.7. The van der Waals surface area contributed by atoms with Gasteiger partial charge in [0.15, 0.2) is 0 Å². The van der Waals surface area contributed by atoms with Gasteiger partial charge in [-0.15, -0.1) is 0 Å². The van der Waals surface area contributed by atoms with Gasteiger partial charge in [0, 0.05) is 34.6 Å². The van der Waals surface area contributed by atoms with Gasteiger partial charge >= 0.3 is 0 Å². The Labute approximate surface area is 236 Å². The Kier molecular flexibility index (Phi) is 54.6. The van der Waals surface area contributed by atoms with Gasteiger partial charge < -0.3 is 29.5 Å². The Morgan fingerprint density at radius 1 is 0.513 bits per heavy atom. The van der Waals surface area contributed by atoms with Gasteiger partial charge in [-0.3, -0.25) is 0 Å². The third-order valence-electron chi connectivity index (χ3n) is 4.47. The smallest absolute Gasteiger partial charge is 0.0829 e. The molecule has 0 aromatic heterocycles. The number of ether oxygens (including phenoxy) is 3. The molecule has 0 saturated heterocycles. The van der Waals surface area contributed by atoms with Crippen molar-refractivity contribution in [3.63, 3.8) is 0 Å². The molecular weight excluding hydrogens is 510 g/mol. The molecule has 39 heavy (non-hydrogen) atoms. The van der Waals surface area contributed by atoms with E-state index in [4.69, 9.17) is 30.8 Å². The zero-order chi connectivity index (χ0) is 24.6. The Hall–Kier alpha value is -2.31. The van der Waals surface area contributed by atoms with Gasteiger partial charge in [-0.1, -0.05) is 59.9 Å². The highest BCUT2D eigenvalue weighted by Crippen LogP contribution is 2.18. The van der Waals surface area contributed by atoms with E-state index >= 15 is 0 Å². The minimum absolute atomic E-state index is 0. The van der Waals surface area contributed by atoms with E-state index in [-0.39, 0.29) is 84.0 Å². The van der Waals surface area contributed by atoms with E-state index in [1.807, 2.05) is 0 Å². The van der Waals surface area contributed by atoms with Crippen molar-refractivity contribution < 1.29 is 29.5 Å². The van der Waals surface area contributed by atoms with Crippen LogP contribution in [0.5, 0.6) is 0 Å². The van der Waals surface area contributed by atoms with E-state index in [0.717, 1.165) is 32.1 Å². The average Bonchev–Trinajstić information content (AvgIpc) is 2.81. The Morgan fingerprint density at radius 2 is 0.821 bits per heavy atom. The molecule has 3 atom stereocenters. The van der Waals surface area contributed by atoms with Crippen molar-refractivity contribution in [3.05, 3.63) is 31.3 Å². The summed E-state index contributed by atoms with van der Waals surface area (Å²) in [4.78, 5) is 7.77. The highest BCUT2D eigenvalue weighted by molar-refractivity contribution is 4.64. The van der Waals surface area contributed by atoms with Crippen molar-refractivity contribution >= 4 is 0 Å². The van der Waals surface area contributed by atoms with Gasteiger partial charge in [0.25, 0.3) is 0 Å². The third kappa shape index (κ3) is 37.9. The molecule has 0 spiro atoms. The third-order valence-corrected chi connectivity index (χ3v) is 4.47. The first-order valence-electron chi connectivity index (χ1n) is 10.8. The monoisotopic (exact) mass is 569 g/mol. The van der Waals surface area contributed by atoms with E-state index in [1.54, 1.807) is 0 Å². The molecule has 3 N–H and O–H groups in total. The molecule has 0 rings (SSSR count). The molecule has 0 aliphatic heterocycles. The first-order valence-corrected chi connectivity index (χ1v) is 10.8. The lowest BCUT2D eigenvalue weighted by atomic mass is 9.95. The molecule has 236 valence electrons. The van der Waals surface area contributed by atoms with Crippen LogP contribution in [0, 0.1) is 5.92 Å². The maximum atomic E-state index is 9.63. The molecule has 0 aromatic rings. The van der Waals surface area contributed by atoms with E-state index in [2.05, 4.69) is 30.1 Å². The summed E-state index contributed by atoms with van der Waals surface area (Å²) in [6.45, 7) is 1.55. The number of aliphatic hydroxyl groups is 3. The Bertz CT molecular complexity index is 593. The molecule has 0 aliphatic rings. The van der Waals surface area contributed by atoms with Crippen LogP contribution in [0.2, 0.25) is 0 Å². The standard InChI is InChI=1S/C18H35N9O6.6CH4/c19-25-22-9-16(28)12-31-6-1-3-15(5-8-33-14-18(30)11-24-27-21)4-2-7-32-13-17(29)10-23-26-20;;;;;;/h15-18,28-30H,1-14H2;6*1H4. The fourth-order valence-electron chi connectivity index (χ4n) is 2.84. The SMILES string of the molecule is C.C.C.C.C.C.[N-]=[N+]=NCC(O)COCCCC(CCCOCC(O)CN=[N+]=[N-])CCOCC(O)CN=[N+]=[N-]. The summed E-state index contributed by atoms with van der Waals surface area (Å²) in [6, 6.07) is 0. The number of aliphatic hydroxyl groups excluding tert-OH is 3. The Balaban J connectivity index is -0.000000341. The van der Waals surface area contributed by atoms with Gasteiger partial charge in [0.05, 0.1) is 57.8 Å². The number of nitrogens with zero attached hydrogens (tertiary/aromatic N) is 9. The summed E-state index contributed by atoms with van der Waals surface area (Å²) in [6.07, 6.45) is 1.52. The van der Waals surface area contributed by atoms with E-state index < -0.39 is 18.3 Å². The topological polar surface area (TPSA) is 235 Å². The predicted octanol–water partition coefficient (Wildman–Crippen LogP) is 6.43. The van der Waals surface area contributed by atoms with Gasteiger partial charge in [0.1, 0.15) is 0 Å². The number of azide groups is 3. The molecule has 0 saturated carbocycles. The van der Waals surface area contributed by atoms with E-state index in [9.17, 15) is 15.3 Å². The first-order chi connectivity index (χ1) is 16.0. The second-order valence-electron chi connectivity index (χ2n) is 7.37. The largest absolute Gasteiger partial charge is 0.391 e. The van der Waals surface area contributed by atoms with Gasteiger partial charge in [0.2, 0.25) is 0 Å². The lowest BCUT2D eigenvalue weighted by Gasteiger charge is -2.18. The molecule has 3 unspecified atom stereocenters. The highest BCUT2D eigenvalue weighted by Gasteiger charge is 2.11. The van der Waals surface area contributed by atoms with Crippen LogP contribution in [-0.4, -0.2) is 92.9 Å². The van der Waals surface area contributed by atoms with Crippen molar-refractivity contribution in [2.24, 2.45) is 21.3 Å². The second kappa shape index (κ2) is 40.2. The first kappa shape index (κ1) is 53.0. The molecule has 15 nitrogen and oxygen atoms in total. The van der Waals surface area contributed by atoms with Crippen molar-refractivity contribution in [3.8, 4) is 0 Å². The zero-order valence-corrected chi connectivity index (χ0v) is 18.8. The molecular formula is C24H59N9O6. The molecule has 0 heterocycles.